The van der Waals surface area contributed by atoms with Gasteiger partial charge in [0.05, 0.1) is 21.8 Å². The topological polar surface area (TPSA) is 60.7 Å². The van der Waals surface area contributed by atoms with Crippen molar-refractivity contribution in [2.75, 3.05) is 6.26 Å². The minimum atomic E-state index is -4.56. The first-order valence-corrected chi connectivity index (χ1v) is 11.2. The lowest BCUT2D eigenvalue weighted by Crippen LogP contribution is -2.07. The van der Waals surface area contributed by atoms with E-state index in [1.54, 1.807) is 31.2 Å². The van der Waals surface area contributed by atoms with Crippen molar-refractivity contribution in [2.24, 2.45) is 0 Å². The second-order valence-corrected chi connectivity index (χ2v) is 9.20. The lowest BCUT2D eigenvalue weighted by Gasteiger charge is -2.11. The lowest BCUT2D eigenvalue weighted by atomic mass is 10.1. The van der Waals surface area contributed by atoms with Crippen LogP contribution in [0.1, 0.15) is 11.3 Å². The molecule has 4 aromatic rings. The molecule has 0 bridgehead atoms. The fourth-order valence-corrected chi connectivity index (χ4v) is 4.06. The Balaban J connectivity index is 1.78. The number of nitrogens with zero attached hydrogens (tertiary/aromatic N) is 2. The largest absolute Gasteiger partial charge is 0.457 e. The highest BCUT2D eigenvalue weighted by Gasteiger charge is 2.34. The van der Waals surface area contributed by atoms with Crippen molar-refractivity contribution >= 4 is 15.5 Å². The Morgan fingerprint density at radius 1 is 1.00 bits per heavy atom. The molecule has 2 aromatic heterocycles. The number of ether oxygens (including phenoxy) is 1. The fraction of sp³-hybridized carbons (Fsp3) is 0.136. The van der Waals surface area contributed by atoms with Gasteiger partial charge in [-0.1, -0.05) is 12.1 Å². The Morgan fingerprint density at radius 3 is 2.44 bits per heavy atom. The lowest BCUT2D eigenvalue weighted by molar-refractivity contribution is -0.136. The number of hydrogen-bond donors (Lipinski definition) is 0. The zero-order valence-corrected chi connectivity index (χ0v) is 17.6. The summed E-state index contributed by atoms with van der Waals surface area (Å²) in [5, 5.41) is 0. The van der Waals surface area contributed by atoms with E-state index in [0.29, 0.717) is 17.0 Å². The van der Waals surface area contributed by atoms with Gasteiger partial charge in [0, 0.05) is 24.1 Å². The molecular formula is C22H16F4N2O3S. The molecule has 0 unspecified atom stereocenters. The van der Waals surface area contributed by atoms with Crippen molar-refractivity contribution in [3.8, 4) is 22.8 Å². The standard InChI is InChI=1S/C22H16F4N2O3S/c1-13-20(28-8-4-7-19(21(28)27-13)22(24,25)26)14-5-3-6-16(9-14)31-17-10-15(23)11-18(12-17)32(2,29)30/h3-12H,1-2H3. The normalized spacial score (nSPS) is 12.3. The van der Waals surface area contributed by atoms with Gasteiger partial charge in [-0.25, -0.2) is 17.8 Å². The van der Waals surface area contributed by atoms with Crippen LogP contribution >= 0.6 is 0 Å². The fourth-order valence-electron chi connectivity index (χ4n) is 3.40. The van der Waals surface area contributed by atoms with Crippen LogP contribution in [0.15, 0.2) is 65.7 Å². The Bertz CT molecular complexity index is 1440. The van der Waals surface area contributed by atoms with Crippen LogP contribution in [0.2, 0.25) is 0 Å². The Morgan fingerprint density at radius 2 is 1.75 bits per heavy atom. The Labute approximate surface area is 180 Å². The van der Waals surface area contributed by atoms with E-state index >= 15 is 0 Å². The maximum atomic E-state index is 13.9. The zero-order chi connectivity index (χ0) is 23.3. The van der Waals surface area contributed by atoms with Crippen molar-refractivity contribution in [2.45, 2.75) is 18.0 Å². The average Bonchev–Trinajstić information content (AvgIpc) is 3.02. The molecule has 0 aliphatic heterocycles. The summed E-state index contributed by atoms with van der Waals surface area (Å²) in [5.41, 5.74) is 0.264. The Hall–Kier alpha value is -3.40. The number of pyridine rings is 1. The van der Waals surface area contributed by atoms with Crippen LogP contribution in [0.3, 0.4) is 0 Å². The number of fused-ring (bicyclic) bond motifs is 1. The molecular weight excluding hydrogens is 448 g/mol. The first-order valence-electron chi connectivity index (χ1n) is 9.27. The molecule has 0 saturated heterocycles. The molecule has 0 saturated carbocycles. The molecule has 0 N–H and O–H groups in total. The number of alkyl halides is 3. The third kappa shape index (κ3) is 4.18. The minimum Gasteiger partial charge on any atom is -0.457 e. The molecule has 4 rings (SSSR count). The molecule has 0 amide bonds. The number of benzene rings is 2. The van der Waals surface area contributed by atoms with E-state index in [4.69, 9.17) is 4.74 Å². The molecule has 10 heteroatoms. The van der Waals surface area contributed by atoms with E-state index in [1.807, 2.05) is 0 Å². The summed E-state index contributed by atoms with van der Waals surface area (Å²) in [6, 6.07) is 11.8. The molecule has 0 aliphatic carbocycles. The number of aromatic nitrogens is 2. The van der Waals surface area contributed by atoms with E-state index in [-0.39, 0.29) is 22.0 Å². The second kappa shape index (κ2) is 7.63. The van der Waals surface area contributed by atoms with E-state index in [2.05, 4.69) is 4.98 Å². The van der Waals surface area contributed by atoms with Crippen molar-refractivity contribution < 1.29 is 30.7 Å². The number of aryl methyl sites for hydroxylation is 1. The molecule has 0 fully saturated rings. The quantitative estimate of drug-likeness (QED) is 0.366. The smallest absolute Gasteiger partial charge is 0.419 e. The number of halogens is 4. The maximum Gasteiger partial charge on any atom is 0.419 e. The van der Waals surface area contributed by atoms with Gasteiger partial charge in [0.25, 0.3) is 0 Å². The van der Waals surface area contributed by atoms with E-state index in [0.717, 1.165) is 24.5 Å². The summed E-state index contributed by atoms with van der Waals surface area (Å²) >= 11 is 0. The predicted molar refractivity (Wildman–Crippen MR) is 110 cm³/mol. The van der Waals surface area contributed by atoms with Crippen molar-refractivity contribution in [3.63, 3.8) is 0 Å². The van der Waals surface area contributed by atoms with Gasteiger partial charge >= 0.3 is 6.18 Å². The number of rotatable bonds is 4. The number of sulfone groups is 1. The highest BCUT2D eigenvalue weighted by atomic mass is 32.2. The van der Waals surface area contributed by atoms with E-state index in [9.17, 15) is 26.0 Å². The van der Waals surface area contributed by atoms with Crippen LogP contribution in [0.25, 0.3) is 16.9 Å². The van der Waals surface area contributed by atoms with Gasteiger partial charge in [0.15, 0.2) is 9.84 Å². The summed E-state index contributed by atoms with van der Waals surface area (Å²) in [7, 11) is -3.65. The monoisotopic (exact) mass is 464 g/mol. The summed E-state index contributed by atoms with van der Waals surface area (Å²) in [6.45, 7) is 1.60. The van der Waals surface area contributed by atoms with Gasteiger partial charge in [-0.15, -0.1) is 0 Å². The van der Waals surface area contributed by atoms with E-state index in [1.165, 1.54) is 22.7 Å². The van der Waals surface area contributed by atoms with Crippen LogP contribution in [0, 0.1) is 12.7 Å². The van der Waals surface area contributed by atoms with Gasteiger partial charge in [-0.05, 0) is 43.3 Å². The van der Waals surface area contributed by atoms with Gasteiger partial charge < -0.3 is 4.74 Å². The SMILES string of the molecule is Cc1nc2c(C(F)(F)F)cccn2c1-c1cccc(Oc2cc(F)cc(S(C)(=O)=O)c2)c1. The molecule has 2 aromatic carbocycles. The minimum absolute atomic E-state index is 0.0307. The molecule has 0 atom stereocenters. The van der Waals surface area contributed by atoms with Crippen molar-refractivity contribution in [1.29, 1.82) is 0 Å². The van der Waals surface area contributed by atoms with E-state index < -0.39 is 27.4 Å². The van der Waals surface area contributed by atoms with Crippen LogP contribution in [0.5, 0.6) is 11.5 Å². The van der Waals surface area contributed by atoms with Crippen LogP contribution < -0.4 is 4.74 Å². The van der Waals surface area contributed by atoms with Crippen molar-refractivity contribution in [3.05, 3.63) is 77.9 Å². The first kappa shape index (κ1) is 21.8. The molecule has 0 spiro atoms. The summed E-state index contributed by atoms with van der Waals surface area (Å²) in [5.74, 6) is -0.568. The third-order valence-electron chi connectivity index (χ3n) is 4.75. The third-order valence-corrected chi connectivity index (χ3v) is 5.84. The Kier molecular flexibility index (Phi) is 5.20. The molecule has 0 aliphatic rings. The van der Waals surface area contributed by atoms with Gasteiger partial charge in [0.1, 0.15) is 23.0 Å². The zero-order valence-electron chi connectivity index (χ0n) is 16.8. The molecule has 166 valence electrons. The highest BCUT2D eigenvalue weighted by Crippen LogP contribution is 2.36. The van der Waals surface area contributed by atoms with Gasteiger partial charge in [-0.2, -0.15) is 13.2 Å². The maximum absolute atomic E-state index is 13.9. The van der Waals surface area contributed by atoms with Crippen molar-refractivity contribution in [1.82, 2.24) is 9.38 Å². The van der Waals surface area contributed by atoms with Gasteiger partial charge in [0.2, 0.25) is 0 Å². The predicted octanol–water partition coefficient (Wildman–Crippen LogP) is 5.66. The number of hydrogen-bond acceptors (Lipinski definition) is 4. The molecule has 32 heavy (non-hydrogen) atoms. The summed E-state index contributed by atoms with van der Waals surface area (Å²) in [4.78, 5) is 3.87. The van der Waals surface area contributed by atoms with Gasteiger partial charge in [-0.3, -0.25) is 4.40 Å². The van der Waals surface area contributed by atoms with Crippen LogP contribution in [0.4, 0.5) is 17.6 Å². The van der Waals surface area contributed by atoms with Crippen LogP contribution in [-0.4, -0.2) is 24.1 Å². The van der Waals surface area contributed by atoms with Crippen LogP contribution in [-0.2, 0) is 16.0 Å². The molecule has 0 radical (unpaired) electrons. The summed E-state index contributed by atoms with van der Waals surface area (Å²) in [6.07, 6.45) is -2.12. The molecule has 2 heterocycles. The first-order chi connectivity index (χ1) is 14.9. The summed E-state index contributed by atoms with van der Waals surface area (Å²) < 4.78 is 84.5. The number of imidazole rings is 1. The average molecular weight is 464 g/mol. The second-order valence-electron chi connectivity index (χ2n) is 7.18. The highest BCUT2D eigenvalue weighted by molar-refractivity contribution is 7.90. The molecule has 5 nitrogen and oxygen atoms in total.